The van der Waals surface area contributed by atoms with E-state index in [4.69, 9.17) is 18.9 Å². The van der Waals surface area contributed by atoms with E-state index < -0.39 is 52.2 Å². The topological polar surface area (TPSA) is 119 Å². The molecule has 2 aromatic rings. The molecule has 1 unspecified atom stereocenters. The molecule has 0 spiro atoms. The summed E-state index contributed by atoms with van der Waals surface area (Å²) in [7, 11) is 2.84. The third-order valence-electron chi connectivity index (χ3n) is 6.45. The van der Waals surface area contributed by atoms with Gasteiger partial charge in [-0.15, -0.1) is 0 Å². The third-order valence-corrected chi connectivity index (χ3v) is 7.89. The Bertz CT molecular complexity index is 1380. The first kappa shape index (κ1) is 36.7. The van der Waals surface area contributed by atoms with Gasteiger partial charge in [0.1, 0.15) is 32.8 Å². The van der Waals surface area contributed by atoms with Gasteiger partial charge in [0.25, 0.3) is 0 Å². The predicted octanol–water partition coefficient (Wildman–Crippen LogP) is 6.81. The maximum Gasteiger partial charge on any atom is 0.419 e. The molecular weight excluding hydrogens is 622 g/mol. The molecule has 1 aliphatic rings. The molecule has 1 N–H and O–H groups in total. The lowest BCUT2D eigenvalue weighted by molar-refractivity contribution is -0.0976. The molecule has 0 bridgehead atoms. The van der Waals surface area contributed by atoms with Crippen LogP contribution < -0.4 is 5.32 Å². The smallest absolute Gasteiger partial charge is 0.419 e. The minimum atomic E-state index is -1.32. The first-order valence-corrected chi connectivity index (χ1v) is 15.5. The van der Waals surface area contributed by atoms with Crippen LogP contribution in [0.15, 0.2) is 53.6 Å². The number of nitrogens with one attached hydrogen (secondary N) is 1. The van der Waals surface area contributed by atoms with Crippen molar-refractivity contribution in [2.75, 3.05) is 27.3 Å². The first-order chi connectivity index (χ1) is 21.5. The van der Waals surface area contributed by atoms with E-state index in [-0.39, 0.29) is 36.5 Å². The second-order valence-electron chi connectivity index (χ2n) is 12.4. The number of hydrogen-bond donors (Lipinski definition) is 1. The SMILES string of the molecule is COC(CNC(=O)N1N=C(c2cc(F)ccc2F)SC1(CCCN(C(=O)OC(C)(C)C)C(=O)OC(C)(C)C)c1ccccc1)OC. The summed E-state index contributed by atoms with van der Waals surface area (Å²) < 4.78 is 50.7. The monoisotopic (exact) mass is 664 g/mol. The van der Waals surface area contributed by atoms with Gasteiger partial charge in [0.15, 0.2) is 6.29 Å². The second kappa shape index (κ2) is 15.2. The molecule has 0 aromatic heterocycles. The Morgan fingerprint density at radius 3 is 2.09 bits per heavy atom. The van der Waals surface area contributed by atoms with Crippen molar-refractivity contribution >= 4 is 35.0 Å². The summed E-state index contributed by atoms with van der Waals surface area (Å²) >= 11 is 1.05. The molecule has 0 radical (unpaired) electrons. The lowest BCUT2D eigenvalue weighted by Crippen LogP contribution is -2.49. The summed E-state index contributed by atoms with van der Waals surface area (Å²) in [5.74, 6) is -1.40. The number of methoxy groups -OCH3 is 2. The molecule has 1 atom stereocenters. The molecule has 3 rings (SSSR count). The molecule has 0 aliphatic carbocycles. The number of carbonyl (C=O) groups excluding carboxylic acids is 3. The Morgan fingerprint density at radius 1 is 0.957 bits per heavy atom. The van der Waals surface area contributed by atoms with Gasteiger partial charge >= 0.3 is 18.2 Å². The molecular formula is C32H42F2N4O7S. The maximum absolute atomic E-state index is 15.0. The molecule has 11 nitrogen and oxygen atoms in total. The van der Waals surface area contributed by atoms with Gasteiger partial charge in [-0.25, -0.2) is 28.1 Å². The summed E-state index contributed by atoms with van der Waals surface area (Å²) in [4.78, 5) is 39.6. The lowest BCUT2D eigenvalue weighted by atomic mass is 10.00. The van der Waals surface area contributed by atoms with Crippen molar-refractivity contribution < 1.29 is 42.1 Å². The summed E-state index contributed by atoms with van der Waals surface area (Å²) in [6.45, 7) is 9.88. The summed E-state index contributed by atoms with van der Waals surface area (Å²) in [5.41, 5.74) is -1.30. The minimum Gasteiger partial charge on any atom is -0.443 e. The van der Waals surface area contributed by atoms with Crippen LogP contribution >= 0.6 is 11.8 Å². The van der Waals surface area contributed by atoms with E-state index in [9.17, 15) is 18.8 Å². The van der Waals surface area contributed by atoms with Crippen LogP contribution in [0.1, 0.15) is 65.5 Å². The third kappa shape index (κ3) is 9.63. The van der Waals surface area contributed by atoms with Crippen molar-refractivity contribution in [3.63, 3.8) is 0 Å². The van der Waals surface area contributed by atoms with Crippen LogP contribution in [-0.4, -0.2) is 78.0 Å². The van der Waals surface area contributed by atoms with Crippen LogP contribution in [0.4, 0.5) is 23.2 Å². The Hall–Kier alpha value is -3.75. The summed E-state index contributed by atoms with van der Waals surface area (Å²) in [6, 6.07) is 11.2. The van der Waals surface area contributed by atoms with Gasteiger partial charge in [0.2, 0.25) is 0 Å². The molecule has 0 saturated heterocycles. The zero-order chi connectivity index (χ0) is 34.3. The number of nitrogens with zero attached hydrogens (tertiary/aromatic N) is 3. The highest BCUT2D eigenvalue weighted by Gasteiger charge is 2.49. The quantitative estimate of drug-likeness (QED) is 0.275. The van der Waals surface area contributed by atoms with Gasteiger partial charge < -0.3 is 24.3 Å². The van der Waals surface area contributed by atoms with Gasteiger partial charge in [-0.3, -0.25) is 0 Å². The zero-order valence-electron chi connectivity index (χ0n) is 27.4. The standard InChI is InChI=1S/C32H42F2N4O7S/c1-30(2,3)44-28(40)37(29(41)45-31(4,5)6)18-12-17-32(21-13-10-9-11-14-21)38(27(39)35-20-25(42-7)43-8)36-26(46-32)23-19-22(33)15-16-24(23)34/h9-11,13-16,19,25H,12,17-18,20H2,1-8H3,(H,35,39). The van der Waals surface area contributed by atoms with Crippen LogP contribution in [0, 0.1) is 11.6 Å². The zero-order valence-corrected chi connectivity index (χ0v) is 28.2. The van der Waals surface area contributed by atoms with Gasteiger partial charge in [-0.1, -0.05) is 42.1 Å². The number of hydrogen-bond acceptors (Lipinski definition) is 9. The number of carbonyl (C=O) groups is 3. The van der Waals surface area contributed by atoms with Gasteiger partial charge in [-0.2, -0.15) is 10.1 Å². The van der Waals surface area contributed by atoms with E-state index >= 15 is 4.39 Å². The van der Waals surface area contributed by atoms with E-state index in [1.54, 1.807) is 71.9 Å². The molecule has 46 heavy (non-hydrogen) atoms. The fraction of sp³-hybridized carbons (Fsp3) is 0.500. The normalized spacial score (nSPS) is 16.7. The molecule has 252 valence electrons. The molecule has 4 amide bonds. The van der Waals surface area contributed by atoms with Gasteiger partial charge in [0.05, 0.1) is 6.54 Å². The number of urea groups is 1. The van der Waals surface area contributed by atoms with Crippen LogP contribution in [-0.2, 0) is 23.8 Å². The maximum atomic E-state index is 15.0. The molecule has 1 heterocycles. The van der Waals surface area contributed by atoms with E-state index in [1.165, 1.54) is 19.2 Å². The Balaban J connectivity index is 2.04. The average Bonchev–Trinajstić information content (AvgIpc) is 3.36. The molecule has 0 saturated carbocycles. The fourth-order valence-corrected chi connectivity index (χ4v) is 5.85. The lowest BCUT2D eigenvalue weighted by Gasteiger charge is -2.36. The van der Waals surface area contributed by atoms with Crippen LogP contribution in [0.5, 0.6) is 0 Å². The number of thioether (sulfide) groups is 1. The Kier molecular flexibility index (Phi) is 12.2. The number of ether oxygens (including phenoxy) is 4. The first-order valence-electron chi connectivity index (χ1n) is 14.7. The number of halogens is 2. The van der Waals surface area contributed by atoms with Crippen molar-refractivity contribution in [1.82, 2.24) is 15.2 Å². The average molecular weight is 665 g/mol. The Labute approximate surface area is 272 Å². The van der Waals surface area contributed by atoms with Gasteiger partial charge in [-0.05, 0) is 78.1 Å². The molecule has 1 aliphatic heterocycles. The van der Waals surface area contributed by atoms with E-state index in [0.29, 0.717) is 5.56 Å². The minimum absolute atomic E-state index is 0.0396. The number of hydrazone groups is 1. The van der Waals surface area contributed by atoms with Crippen LogP contribution in [0.3, 0.4) is 0 Å². The van der Waals surface area contributed by atoms with Crippen LogP contribution in [0.25, 0.3) is 0 Å². The Morgan fingerprint density at radius 2 is 1.54 bits per heavy atom. The van der Waals surface area contributed by atoms with E-state index in [1.807, 2.05) is 0 Å². The number of imide groups is 1. The second-order valence-corrected chi connectivity index (χ2v) is 13.7. The summed E-state index contributed by atoms with van der Waals surface area (Å²) in [5, 5.41) is 8.45. The molecule has 0 fully saturated rings. The molecule has 14 heteroatoms. The van der Waals surface area contributed by atoms with Gasteiger partial charge in [0, 0.05) is 26.3 Å². The summed E-state index contributed by atoms with van der Waals surface area (Å²) in [6.07, 6.45) is -2.30. The number of amides is 4. The highest BCUT2D eigenvalue weighted by atomic mass is 32.2. The predicted molar refractivity (Wildman–Crippen MR) is 170 cm³/mol. The highest BCUT2D eigenvalue weighted by molar-refractivity contribution is 8.15. The molecule has 2 aromatic carbocycles. The largest absolute Gasteiger partial charge is 0.443 e. The number of rotatable bonds is 10. The van der Waals surface area contributed by atoms with Crippen molar-refractivity contribution in [1.29, 1.82) is 0 Å². The van der Waals surface area contributed by atoms with Crippen molar-refractivity contribution in [3.05, 3.63) is 71.3 Å². The van der Waals surface area contributed by atoms with Crippen molar-refractivity contribution in [2.24, 2.45) is 5.10 Å². The number of benzene rings is 2. The highest BCUT2D eigenvalue weighted by Crippen LogP contribution is 2.50. The van der Waals surface area contributed by atoms with E-state index in [0.717, 1.165) is 34.9 Å². The van der Waals surface area contributed by atoms with Crippen LogP contribution in [0.2, 0.25) is 0 Å². The van der Waals surface area contributed by atoms with Crippen molar-refractivity contribution in [3.8, 4) is 0 Å². The van der Waals surface area contributed by atoms with Crippen molar-refractivity contribution in [2.45, 2.75) is 76.7 Å². The fourth-order valence-electron chi connectivity index (χ4n) is 4.43. The van der Waals surface area contributed by atoms with E-state index in [2.05, 4.69) is 10.4 Å².